The van der Waals surface area contributed by atoms with Gasteiger partial charge in [-0.2, -0.15) is 0 Å². The molecule has 6 heteroatoms. The highest BCUT2D eigenvalue weighted by atomic mass is 79.9. The van der Waals surface area contributed by atoms with Crippen LogP contribution in [0.1, 0.15) is 11.1 Å². The molecule has 3 aromatic carbocycles. The first-order valence-corrected chi connectivity index (χ1v) is 9.56. The van der Waals surface area contributed by atoms with Crippen molar-refractivity contribution in [3.05, 3.63) is 88.4 Å². The van der Waals surface area contributed by atoms with Crippen LogP contribution in [-0.2, 0) is 22.4 Å². The van der Waals surface area contributed by atoms with Crippen molar-refractivity contribution >= 4 is 44.8 Å². The Morgan fingerprint density at radius 3 is 2.11 bits per heavy atom. The highest BCUT2D eigenvalue weighted by Crippen LogP contribution is 2.18. The third-order valence-corrected chi connectivity index (χ3v) is 4.56. The molecular formula is C22H20BrN3O2. The first-order valence-electron chi connectivity index (χ1n) is 8.77. The lowest BCUT2D eigenvalue weighted by Gasteiger charge is -2.09. The largest absolute Gasteiger partial charge is 0.397 e. The van der Waals surface area contributed by atoms with Crippen molar-refractivity contribution < 1.29 is 9.59 Å². The highest BCUT2D eigenvalue weighted by Gasteiger charge is 2.09. The highest BCUT2D eigenvalue weighted by molar-refractivity contribution is 9.10. The number of anilines is 3. The summed E-state index contributed by atoms with van der Waals surface area (Å²) in [7, 11) is 0. The van der Waals surface area contributed by atoms with E-state index >= 15 is 0 Å². The van der Waals surface area contributed by atoms with E-state index in [1.807, 2.05) is 60.7 Å². The summed E-state index contributed by atoms with van der Waals surface area (Å²) in [6, 6.07) is 22.0. The van der Waals surface area contributed by atoms with E-state index in [1.165, 1.54) is 0 Å². The number of carbonyl (C=O) groups excluding carboxylic acids is 2. The Morgan fingerprint density at radius 1 is 0.786 bits per heavy atom. The molecular weight excluding hydrogens is 418 g/mol. The topological polar surface area (TPSA) is 84.2 Å². The summed E-state index contributed by atoms with van der Waals surface area (Å²) in [5, 5.41) is 5.68. The minimum Gasteiger partial charge on any atom is -0.397 e. The Kier molecular flexibility index (Phi) is 6.45. The summed E-state index contributed by atoms with van der Waals surface area (Å²) >= 11 is 3.38. The lowest BCUT2D eigenvalue weighted by atomic mass is 10.1. The number of nitrogens with one attached hydrogen (secondary N) is 2. The zero-order valence-corrected chi connectivity index (χ0v) is 16.7. The summed E-state index contributed by atoms with van der Waals surface area (Å²) < 4.78 is 0.900. The quantitative estimate of drug-likeness (QED) is 0.499. The predicted molar refractivity (Wildman–Crippen MR) is 116 cm³/mol. The third-order valence-electron chi connectivity index (χ3n) is 4.06. The van der Waals surface area contributed by atoms with Gasteiger partial charge in [-0.3, -0.25) is 9.59 Å². The van der Waals surface area contributed by atoms with Crippen LogP contribution in [0.25, 0.3) is 0 Å². The summed E-state index contributed by atoms with van der Waals surface area (Å²) in [5.74, 6) is -0.273. The number of nitrogen functional groups attached to an aromatic ring is 1. The Morgan fingerprint density at radius 2 is 1.43 bits per heavy atom. The monoisotopic (exact) mass is 437 g/mol. The fraction of sp³-hybridized carbons (Fsp3) is 0.0909. The molecule has 0 bridgehead atoms. The van der Waals surface area contributed by atoms with Crippen LogP contribution in [0.4, 0.5) is 17.1 Å². The molecule has 2 amide bonds. The van der Waals surface area contributed by atoms with Crippen molar-refractivity contribution in [3.8, 4) is 0 Å². The Labute approximate surface area is 172 Å². The molecule has 0 aromatic heterocycles. The van der Waals surface area contributed by atoms with Crippen LogP contribution < -0.4 is 16.4 Å². The van der Waals surface area contributed by atoms with E-state index in [9.17, 15) is 9.59 Å². The molecule has 28 heavy (non-hydrogen) atoms. The molecule has 0 radical (unpaired) electrons. The van der Waals surface area contributed by atoms with Crippen molar-refractivity contribution in [1.82, 2.24) is 0 Å². The van der Waals surface area contributed by atoms with Gasteiger partial charge in [-0.15, -0.1) is 0 Å². The lowest BCUT2D eigenvalue weighted by molar-refractivity contribution is -0.116. The Bertz CT molecular complexity index is 1000. The van der Waals surface area contributed by atoms with Gasteiger partial charge in [0.1, 0.15) is 0 Å². The second kappa shape index (κ2) is 9.19. The van der Waals surface area contributed by atoms with Gasteiger partial charge in [0.2, 0.25) is 11.8 Å². The number of hydrogen-bond donors (Lipinski definition) is 3. The minimum absolute atomic E-state index is 0.114. The average molecular weight is 438 g/mol. The second-order valence-corrected chi connectivity index (χ2v) is 7.28. The number of carbonyl (C=O) groups is 2. The first kappa shape index (κ1) is 19.6. The summed E-state index contributed by atoms with van der Waals surface area (Å²) in [6.45, 7) is 0. The molecule has 0 heterocycles. The minimum atomic E-state index is -0.159. The molecule has 0 saturated heterocycles. The molecule has 0 fully saturated rings. The zero-order chi connectivity index (χ0) is 19.9. The van der Waals surface area contributed by atoms with Crippen LogP contribution in [0.3, 0.4) is 0 Å². The van der Waals surface area contributed by atoms with Crippen molar-refractivity contribution in [2.75, 3.05) is 16.4 Å². The third kappa shape index (κ3) is 5.69. The maximum atomic E-state index is 12.3. The molecule has 0 atom stereocenters. The smallest absolute Gasteiger partial charge is 0.228 e. The van der Waals surface area contributed by atoms with Crippen molar-refractivity contribution in [3.63, 3.8) is 0 Å². The number of rotatable bonds is 6. The van der Waals surface area contributed by atoms with Gasteiger partial charge in [0.25, 0.3) is 0 Å². The molecule has 0 aliphatic rings. The predicted octanol–water partition coefficient (Wildman–Crippen LogP) is 4.39. The Hall–Kier alpha value is -3.12. The normalized spacial score (nSPS) is 10.3. The first-order chi connectivity index (χ1) is 13.5. The number of nitrogens with two attached hydrogens (primary N) is 1. The van der Waals surface area contributed by atoms with Crippen molar-refractivity contribution in [1.29, 1.82) is 0 Å². The molecule has 3 rings (SSSR count). The molecule has 142 valence electrons. The van der Waals surface area contributed by atoms with Gasteiger partial charge in [0.05, 0.1) is 24.2 Å². The fourth-order valence-electron chi connectivity index (χ4n) is 2.80. The number of hydrogen-bond acceptors (Lipinski definition) is 3. The van der Waals surface area contributed by atoms with Crippen LogP contribution in [0.5, 0.6) is 0 Å². The molecule has 0 spiro atoms. The van der Waals surface area contributed by atoms with Crippen LogP contribution in [-0.4, -0.2) is 11.8 Å². The second-order valence-electron chi connectivity index (χ2n) is 6.37. The molecule has 3 aromatic rings. The number of benzene rings is 3. The fourth-order valence-corrected chi connectivity index (χ4v) is 3.20. The molecule has 0 aliphatic carbocycles. The summed E-state index contributed by atoms with van der Waals surface area (Å²) in [6.07, 6.45) is 0.434. The summed E-state index contributed by atoms with van der Waals surface area (Å²) in [5.41, 5.74) is 9.38. The number of amides is 2. The van der Waals surface area contributed by atoms with E-state index in [0.717, 1.165) is 21.3 Å². The molecule has 4 N–H and O–H groups in total. The van der Waals surface area contributed by atoms with Crippen LogP contribution in [0, 0.1) is 0 Å². The van der Waals surface area contributed by atoms with Crippen LogP contribution >= 0.6 is 15.9 Å². The van der Waals surface area contributed by atoms with Gasteiger partial charge in [0.15, 0.2) is 0 Å². The van der Waals surface area contributed by atoms with E-state index in [2.05, 4.69) is 26.6 Å². The van der Waals surface area contributed by atoms with Crippen LogP contribution in [0.15, 0.2) is 77.3 Å². The standard InChI is InChI=1S/C22H20BrN3O2/c23-17-7-4-8-18(14-17)25-21(27)12-15-5-3-6-16(11-15)13-22(28)26-20-10-2-1-9-19(20)24/h1-11,14H,12-13,24H2,(H,25,27)(H,26,28). The van der Waals surface area contributed by atoms with Crippen LogP contribution in [0.2, 0.25) is 0 Å². The maximum absolute atomic E-state index is 12.3. The van der Waals surface area contributed by atoms with Crippen molar-refractivity contribution in [2.45, 2.75) is 12.8 Å². The van der Waals surface area contributed by atoms with Crippen molar-refractivity contribution in [2.24, 2.45) is 0 Å². The van der Waals surface area contributed by atoms with E-state index < -0.39 is 0 Å². The van der Waals surface area contributed by atoms with Gasteiger partial charge in [-0.1, -0.05) is 58.4 Å². The van der Waals surface area contributed by atoms with Gasteiger partial charge in [0, 0.05) is 10.2 Å². The van der Waals surface area contributed by atoms with E-state index in [4.69, 9.17) is 5.73 Å². The molecule has 0 aliphatic heterocycles. The number of para-hydroxylation sites is 2. The SMILES string of the molecule is Nc1ccccc1NC(=O)Cc1cccc(CC(=O)Nc2cccc(Br)c2)c1. The zero-order valence-electron chi connectivity index (χ0n) is 15.1. The molecule has 0 saturated carbocycles. The maximum Gasteiger partial charge on any atom is 0.228 e. The Balaban J connectivity index is 1.59. The average Bonchev–Trinajstić information content (AvgIpc) is 2.64. The van der Waals surface area contributed by atoms with E-state index in [0.29, 0.717) is 11.4 Å². The van der Waals surface area contributed by atoms with E-state index in [-0.39, 0.29) is 24.7 Å². The molecule has 5 nitrogen and oxygen atoms in total. The van der Waals surface area contributed by atoms with Gasteiger partial charge >= 0.3 is 0 Å². The van der Waals surface area contributed by atoms with Gasteiger partial charge in [-0.25, -0.2) is 0 Å². The lowest BCUT2D eigenvalue weighted by Crippen LogP contribution is -2.16. The van der Waals surface area contributed by atoms with Gasteiger partial charge < -0.3 is 16.4 Å². The molecule has 0 unspecified atom stereocenters. The number of halogens is 1. The van der Waals surface area contributed by atoms with E-state index in [1.54, 1.807) is 12.1 Å². The van der Waals surface area contributed by atoms with Gasteiger partial charge in [-0.05, 0) is 41.5 Å². The summed E-state index contributed by atoms with van der Waals surface area (Å²) in [4.78, 5) is 24.6.